The number of halogens is 1. The van der Waals surface area contributed by atoms with Crippen LogP contribution in [0.25, 0.3) is 11.3 Å². The minimum absolute atomic E-state index is 0.726. The van der Waals surface area contributed by atoms with E-state index in [0.717, 1.165) is 61.5 Å². The van der Waals surface area contributed by atoms with Gasteiger partial charge in [0.1, 0.15) is 0 Å². The van der Waals surface area contributed by atoms with Crippen molar-refractivity contribution in [3.63, 3.8) is 0 Å². The molecule has 3 aromatic rings. The van der Waals surface area contributed by atoms with Gasteiger partial charge in [-0.2, -0.15) is 0 Å². The van der Waals surface area contributed by atoms with Crippen LogP contribution in [0.4, 0.5) is 0 Å². The first kappa shape index (κ1) is 16.8. The first-order valence-corrected chi connectivity index (χ1v) is 9.70. The Bertz CT molecular complexity index is 792. The number of rotatable bonds is 5. The maximum atomic E-state index is 5.93. The molecule has 0 amide bonds. The predicted octanol–water partition coefficient (Wildman–Crippen LogP) is 4.37. The van der Waals surface area contributed by atoms with Crippen molar-refractivity contribution < 1.29 is 4.42 Å². The summed E-state index contributed by atoms with van der Waals surface area (Å²) < 4.78 is 5.92. The van der Waals surface area contributed by atoms with Gasteiger partial charge in [-0.3, -0.25) is 9.80 Å². The van der Waals surface area contributed by atoms with E-state index >= 15 is 0 Å². The van der Waals surface area contributed by atoms with Gasteiger partial charge >= 0.3 is 0 Å². The largest absolute Gasteiger partial charge is 0.439 e. The molecule has 0 radical (unpaired) electrons. The van der Waals surface area contributed by atoms with Crippen molar-refractivity contribution in [1.29, 1.82) is 0 Å². The summed E-state index contributed by atoms with van der Waals surface area (Å²) in [5, 5.41) is 2.87. The number of benzene rings is 1. The van der Waals surface area contributed by atoms with Crippen molar-refractivity contribution >= 4 is 22.9 Å². The Hall–Kier alpha value is -1.66. The topological polar surface area (TPSA) is 32.5 Å². The molecule has 0 bridgehead atoms. The maximum Gasteiger partial charge on any atom is 0.209 e. The molecule has 0 spiro atoms. The van der Waals surface area contributed by atoms with Crippen LogP contribution in [-0.2, 0) is 13.1 Å². The van der Waals surface area contributed by atoms with E-state index in [1.54, 1.807) is 6.20 Å². The summed E-state index contributed by atoms with van der Waals surface area (Å²) in [4.78, 5) is 10.8. The standard InChI is InChI=1S/C19H20ClN3OS/c20-16-5-3-15(4-6-16)18-12-21-19(24-18)14-23-9-7-22(8-10-23)13-17-2-1-11-25-17/h1-6,11-12H,7-10,13-14H2. The fourth-order valence-electron chi connectivity index (χ4n) is 3.05. The van der Waals surface area contributed by atoms with Crippen molar-refractivity contribution in [2.24, 2.45) is 0 Å². The quantitative estimate of drug-likeness (QED) is 0.664. The molecule has 1 fully saturated rings. The van der Waals surface area contributed by atoms with Gasteiger partial charge in [0, 0.05) is 48.2 Å². The SMILES string of the molecule is Clc1ccc(-c2cnc(CN3CCN(Cc4cccs4)CC3)o2)cc1. The molecule has 4 nitrogen and oxygen atoms in total. The molecule has 130 valence electrons. The zero-order valence-electron chi connectivity index (χ0n) is 13.9. The lowest BCUT2D eigenvalue weighted by Gasteiger charge is -2.33. The highest BCUT2D eigenvalue weighted by Crippen LogP contribution is 2.23. The first-order valence-electron chi connectivity index (χ1n) is 8.44. The van der Waals surface area contributed by atoms with E-state index < -0.39 is 0 Å². The number of oxazole rings is 1. The van der Waals surface area contributed by atoms with Gasteiger partial charge in [0.2, 0.25) is 5.89 Å². The monoisotopic (exact) mass is 373 g/mol. The van der Waals surface area contributed by atoms with E-state index in [0.29, 0.717) is 0 Å². The molecular formula is C19H20ClN3OS. The molecule has 6 heteroatoms. The number of aromatic nitrogens is 1. The molecule has 25 heavy (non-hydrogen) atoms. The minimum Gasteiger partial charge on any atom is -0.439 e. The Morgan fingerprint density at radius 3 is 2.40 bits per heavy atom. The summed E-state index contributed by atoms with van der Waals surface area (Å²) in [6.07, 6.45) is 1.80. The molecule has 0 atom stereocenters. The molecular weight excluding hydrogens is 354 g/mol. The van der Waals surface area contributed by atoms with Crippen LogP contribution in [0, 0.1) is 0 Å². The Balaban J connectivity index is 1.31. The second-order valence-corrected chi connectivity index (χ2v) is 7.73. The maximum absolute atomic E-state index is 5.93. The zero-order valence-corrected chi connectivity index (χ0v) is 15.5. The Kier molecular flexibility index (Phi) is 5.17. The van der Waals surface area contributed by atoms with Crippen LogP contribution in [0.15, 0.2) is 52.4 Å². The second kappa shape index (κ2) is 7.70. The molecule has 2 aromatic heterocycles. The first-order chi connectivity index (χ1) is 12.3. The number of thiophene rings is 1. The molecule has 1 aromatic carbocycles. The van der Waals surface area contributed by atoms with Gasteiger partial charge < -0.3 is 4.42 Å². The van der Waals surface area contributed by atoms with Crippen LogP contribution in [0.5, 0.6) is 0 Å². The molecule has 0 aliphatic carbocycles. The molecule has 4 rings (SSSR count). The van der Waals surface area contributed by atoms with Crippen molar-refractivity contribution in [1.82, 2.24) is 14.8 Å². The van der Waals surface area contributed by atoms with E-state index in [9.17, 15) is 0 Å². The van der Waals surface area contributed by atoms with Gasteiger partial charge in [-0.1, -0.05) is 17.7 Å². The highest BCUT2D eigenvalue weighted by molar-refractivity contribution is 7.09. The number of hydrogen-bond donors (Lipinski definition) is 0. The minimum atomic E-state index is 0.726. The molecule has 0 saturated carbocycles. The van der Waals surface area contributed by atoms with Gasteiger partial charge in [0.05, 0.1) is 12.7 Å². The van der Waals surface area contributed by atoms with Gasteiger partial charge in [-0.25, -0.2) is 4.98 Å². The summed E-state index contributed by atoms with van der Waals surface area (Å²) in [6, 6.07) is 12.0. The summed E-state index contributed by atoms with van der Waals surface area (Å²) in [6.45, 7) is 6.09. The Morgan fingerprint density at radius 2 is 1.72 bits per heavy atom. The lowest BCUT2D eigenvalue weighted by Crippen LogP contribution is -2.45. The van der Waals surface area contributed by atoms with Gasteiger partial charge in [-0.05, 0) is 35.7 Å². The molecule has 3 heterocycles. The summed E-state index contributed by atoms with van der Waals surface area (Å²) in [5.74, 6) is 1.57. The van der Waals surface area contributed by atoms with E-state index in [-0.39, 0.29) is 0 Å². The average Bonchev–Trinajstić information content (AvgIpc) is 3.29. The molecule has 1 aliphatic heterocycles. The number of hydrogen-bond acceptors (Lipinski definition) is 5. The van der Waals surface area contributed by atoms with Crippen LogP contribution in [0.2, 0.25) is 5.02 Å². The third-order valence-electron chi connectivity index (χ3n) is 4.47. The van der Waals surface area contributed by atoms with Crippen LogP contribution < -0.4 is 0 Å². The Labute approximate surface area is 156 Å². The third kappa shape index (κ3) is 4.30. The highest BCUT2D eigenvalue weighted by atomic mass is 35.5. The van der Waals surface area contributed by atoms with E-state index in [4.69, 9.17) is 16.0 Å². The lowest BCUT2D eigenvalue weighted by molar-refractivity contribution is 0.115. The fraction of sp³-hybridized carbons (Fsp3) is 0.316. The zero-order chi connectivity index (χ0) is 17.1. The van der Waals surface area contributed by atoms with E-state index in [1.165, 1.54) is 4.88 Å². The smallest absolute Gasteiger partial charge is 0.209 e. The van der Waals surface area contributed by atoms with Crippen LogP contribution in [-0.4, -0.2) is 41.0 Å². The van der Waals surface area contributed by atoms with Crippen LogP contribution in [0.3, 0.4) is 0 Å². The molecule has 0 N–H and O–H groups in total. The number of nitrogens with zero attached hydrogens (tertiary/aromatic N) is 3. The van der Waals surface area contributed by atoms with Gasteiger partial charge in [0.25, 0.3) is 0 Å². The number of piperazine rings is 1. The predicted molar refractivity (Wildman–Crippen MR) is 102 cm³/mol. The second-order valence-electron chi connectivity index (χ2n) is 6.26. The van der Waals surface area contributed by atoms with Gasteiger partial charge in [-0.15, -0.1) is 11.3 Å². The fourth-order valence-corrected chi connectivity index (χ4v) is 3.92. The summed E-state index contributed by atoms with van der Waals surface area (Å²) >= 11 is 7.77. The molecule has 1 saturated heterocycles. The van der Waals surface area contributed by atoms with Gasteiger partial charge in [0.15, 0.2) is 5.76 Å². The summed E-state index contributed by atoms with van der Waals surface area (Å²) in [5.41, 5.74) is 1.00. The normalized spacial score (nSPS) is 16.4. The van der Waals surface area contributed by atoms with Crippen molar-refractivity contribution in [2.75, 3.05) is 26.2 Å². The molecule has 0 unspecified atom stereocenters. The third-order valence-corrected chi connectivity index (χ3v) is 5.58. The molecule has 1 aliphatic rings. The van der Waals surface area contributed by atoms with E-state index in [1.807, 2.05) is 35.6 Å². The van der Waals surface area contributed by atoms with Crippen LogP contribution in [0.1, 0.15) is 10.8 Å². The van der Waals surface area contributed by atoms with Crippen molar-refractivity contribution in [3.8, 4) is 11.3 Å². The average molecular weight is 374 g/mol. The lowest BCUT2D eigenvalue weighted by atomic mass is 10.2. The van der Waals surface area contributed by atoms with Crippen molar-refractivity contribution in [2.45, 2.75) is 13.1 Å². The van der Waals surface area contributed by atoms with Crippen molar-refractivity contribution in [3.05, 3.63) is 63.8 Å². The highest BCUT2D eigenvalue weighted by Gasteiger charge is 2.19. The summed E-state index contributed by atoms with van der Waals surface area (Å²) in [7, 11) is 0. The van der Waals surface area contributed by atoms with E-state index in [2.05, 4.69) is 32.3 Å². The Morgan fingerprint density at radius 1 is 1.00 bits per heavy atom. The van der Waals surface area contributed by atoms with Crippen LogP contribution >= 0.6 is 22.9 Å².